The molecule has 0 saturated carbocycles. The number of rotatable bonds is 8. The molecular formula is C22H27BrN2O2. The molecule has 0 spiro atoms. The van der Waals surface area contributed by atoms with Crippen LogP contribution >= 0.6 is 15.9 Å². The lowest BCUT2D eigenvalue weighted by Gasteiger charge is -2.22. The molecule has 0 aliphatic heterocycles. The molecule has 4 nitrogen and oxygen atoms in total. The predicted octanol–water partition coefficient (Wildman–Crippen LogP) is 4.40. The summed E-state index contributed by atoms with van der Waals surface area (Å²) in [5.74, 6) is -0.0710. The van der Waals surface area contributed by atoms with Crippen molar-refractivity contribution in [2.24, 2.45) is 5.92 Å². The van der Waals surface area contributed by atoms with Crippen LogP contribution in [0.1, 0.15) is 44.4 Å². The van der Waals surface area contributed by atoms with Crippen LogP contribution in [0.15, 0.2) is 59.1 Å². The third-order valence-corrected chi connectivity index (χ3v) is 4.67. The highest BCUT2D eigenvalue weighted by molar-refractivity contribution is 9.10. The standard InChI is InChI=1S/C22H27BrN2O2/c1-15(2)13-20(26)25-21(18-7-5-4-6-8-18)22(27)24-16(3)14-17-9-11-19(23)12-10-17/h4-12,15-16,21H,13-14H2,1-3H3,(H,24,27)(H,25,26). The van der Waals surface area contributed by atoms with Gasteiger partial charge in [0.25, 0.3) is 0 Å². The molecule has 0 saturated heterocycles. The summed E-state index contributed by atoms with van der Waals surface area (Å²) in [7, 11) is 0. The maximum absolute atomic E-state index is 12.9. The Morgan fingerprint density at radius 2 is 1.56 bits per heavy atom. The Hall–Kier alpha value is -2.14. The van der Waals surface area contributed by atoms with Crippen LogP contribution < -0.4 is 10.6 Å². The van der Waals surface area contributed by atoms with Crippen molar-refractivity contribution in [3.05, 3.63) is 70.2 Å². The lowest BCUT2D eigenvalue weighted by atomic mass is 10.0. The van der Waals surface area contributed by atoms with Gasteiger partial charge in [0.1, 0.15) is 6.04 Å². The number of halogens is 1. The fourth-order valence-corrected chi connectivity index (χ4v) is 3.15. The lowest BCUT2D eigenvalue weighted by molar-refractivity contribution is -0.129. The molecule has 27 heavy (non-hydrogen) atoms. The number of hydrogen-bond donors (Lipinski definition) is 2. The molecule has 2 amide bonds. The summed E-state index contributed by atoms with van der Waals surface area (Å²) >= 11 is 3.43. The van der Waals surface area contributed by atoms with Crippen LogP contribution in [0, 0.1) is 5.92 Å². The number of amides is 2. The molecule has 144 valence electrons. The molecular weight excluding hydrogens is 404 g/mol. The molecule has 2 aromatic rings. The van der Waals surface area contributed by atoms with Gasteiger partial charge in [-0.1, -0.05) is 72.2 Å². The minimum Gasteiger partial charge on any atom is -0.351 e. The topological polar surface area (TPSA) is 58.2 Å². The molecule has 0 fully saturated rings. The first-order valence-electron chi connectivity index (χ1n) is 9.24. The second-order valence-electron chi connectivity index (χ2n) is 7.25. The Morgan fingerprint density at radius 3 is 2.15 bits per heavy atom. The molecule has 5 heteroatoms. The SMILES string of the molecule is CC(C)CC(=O)NC(C(=O)NC(C)Cc1ccc(Br)cc1)c1ccccc1. The minimum atomic E-state index is -0.690. The van der Waals surface area contributed by atoms with Crippen LogP contribution in [0.2, 0.25) is 0 Å². The van der Waals surface area contributed by atoms with Gasteiger partial charge < -0.3 is 10.6 Å². The summed E-state index contributed by atoms with van der Waals surface area (Å²) < 4.78 is 1.03. The molecule has 2 rings (SSSR count). The van der Waals surface area contributed by atoms with Gasteiger partial charge >= 0.3 is 0 Å². The minimum absolute atomic E-state index is 0.0492. The van der Waals surface area contributed by atoms with Crippen LogP contribution in [-0.2, 0) is 16.0 Å². The van der Waals surface area contributed by atoms with E-state index in [2.05, 4.69) is 26.6 Å². The molecule has 0 aromatic heterocycles. The van der Waals surface area contributed by atoms with Gasteiger partial charge in [0.05, 0.1) is 0 Å². The van der Waals surface area contributed by atoms with Crippen molar-refractivity contribution >= 4 is 27.7 Å². The Kier molecular flexibility index (Phi) is 8.04. The molecule has 2 unspecified atom stereocenters. The van der Waals surface area contributed by atoms with E-state index in [9.17, 15) is 9.59 Å². The largest absolute Gasteiger partial charge is 0.351 e. The molecule has 2 N–H and O–H groups in total. The molecule has 0 heterocycles. The van der Waals surface area contributed by atoms with Gasteiger partial charge in [0.15, 0.2) is 0 Å². The fraction of sp³-hybridized carbons (Fsp3) is 0.364. The number of carbonyl (C=O) groups excluding carboxylic acids is 2. The zero-order valence-corrected chi connectivity index (χ0v) is 17.6. The molecule has 0 bridgehead atoms. The van der Waals surface area contributed by atoms with E-state index >= 15 is 0 Å². The number of nitrogens with one attached hydrogen (secondary N) is 2. The second-order valence-corrected chi connectivity index (χ2v) is 8.17. The first kappa shape index (κ1) is 21.2. The maximum Gasteiger partial charge on any atom is 0.247 e. The fourth-order valence-electron chi connectivity index (χ4n) is 2.89. The van der Waals surface area contributed by atoms with Crippen molar-refractivity contribution < 1.29 is 9.59 Å². The average Bonchev–Trinajstić information content (AvgIpc) is 2.61. The van der Waals surface area contributed by atoms with Gasteiger partial charge in [-0.05, 0) is 42.5 Å². The van der Waals surface area contributed by atoms with E-state index in [0.717, 1.165) is 22.0 Å². The van der Waals surface area contributed by atoms with E-state index in [1.807, 2.05) is 75.4 Å². The normalized spacial score (nSPS) is 13.1. The van der Waals surface area contributed by atoms with Crippen molar-refractivity contribution in [3.8, 4) is 0 Å². The van der Waals surface area contributed by atoms with Crippen LogP contribution in [0.3, 0.4) is 0 Å². The van der Waals surface area contributed by atoms with Gasteiger partial charge in [-0.25, -0.2) is 0 Å². The predicted molar refractivity (Wildman–Crippen MR) is 112 cm³/mol. The smallest absolute Gasteiger partial charge is 0.247 e. The van der Waals surface area contributed by atoms with Gasteiger partial charge in [-0.2, -0.15) is 0 Å². The highest BCUT2D eigenvalue weighted by Gasteiger charge is 2.24. The van der Waals surface area contributed by atoms with E-state index in [1.165, 1.54) is 0 Å². The van der Waals surface area contributed by atoms with Gasteiger partial charge in [-0.15, -0.1) is 0 Å². The van der Waals surface area contributed by atoms with Crippen LogP contribution in [-0.4, -0.2) is 17.9 Å². The first-order valence-corrected chi connectivity index (χ1v) is 10.0. The maximum atomic E-state index is 12.9. The Morgan fingerprint density at radius 1 is 0.926 bits per heavy atom. The summed E-state index contributed by atoms with van der Waals surface area (Å²) in [5.41, 5.74) is 1.93. The first-order chi connectivity index (χ1) is 12.8. The summed E-state index contributed by atoms with van der Waals surface area (Å²) in [5, 5.41) is 5.92. The monoisotopic (exact) mass is 430 g/mol. The quantitative estimate of drug-likeness (QED) is 0.651. The summed E-state index contributed by atoms with van der Waals surface area (Å²) in [6.45, 7) is 5.94. The zero-order valence-electron chi connectivity index (χ0n) is 16.0. The summed E-state index contributed by atoms with van der Waals surface area (Å²) in [6, 6.07) is 16.7. The van der Waals surface area contributed by atoms with E-state index in [-0.39, 0.29) is 23.8 Å². The van der Waals surface area contributed by atoms with Gasteiger partial charge in [0.2, 0.25) is 11.8 Å². The Balaban J connectivity index is 2.06. The van der Waals surface area contributed by atoms with E-state index in [1.54, 1.807) is 0 Å². The average molecular weight is 431 g/mol. The summed E-state index contributed by atoms with van der Waals surface area (Å²) in [4.78, 5) is 25.1. The molecule has 2 atom stereocenters. The zero-order chi connectivity index (χ0) is 19.8. The molecule has 0 radical (unpaired) electrons. The van der Waals surface area contributed by atoms with E-state index in [4.69, 9.17) is 0 Å². The third-order valence-electron chi connectivity index (χ3n) is 4.14. The van der Waals surface area contributed by atoms with Crippen LogP contribution in [0.5, 0.6) is 0 Å². The van der Waals surface area contributed by atoms with Crippen molar-refractivity contribution in [3.63, 3.8) is 0 Å². The highest BCUT2D eigenvalue weighted by Crippen LogP contribution is 2.16. The van der Waals surface area contributed by atoms with Crippen LogP contribution in [0.4, 0.5) is 0 Å². The molecule has 0 aliphatic carbocycles. The highest BCUT2D eigenvalue weighted by atomic mass is 79.9. The van der Waals surface area contributed by atoms with Crippen LogP contribution in [0.25, 0.3) is 0 Å². The van der Waals surface area contributed by atoms with Crippen molar-refractivity contribution in [1.82, 2.24) is 10.6 Å². The van der Waals surface area contributed by atoms with Crippen molar-refractivity contribution in [2.45, 2.75) is 45.7 Å². The van der Waals surface area contributed by atoms with Crippen molar-refractivity contribution in [1.29, 1.82) is 0 Å². The van der Waals surface area contributed by atoms with E-state index < -0.39 is 6.04 Å². The molecule has 0 aliphatic rings. The van der Waals surface area contributed by atoms with Gasteiger partial charge in [-0.3, -0.25) is 9.59 Å². The van der Waals surface area contributed by atoms with Crippen molar-refractivity contribution in [2.75, 3.05) is 0 Å². The Labute approximate surface area is 169 Å². The number of benzene rings is 2. The lowest BCUT2D eigenvalue weighted by Crippen LogP contribution is -2.44. The summed E-state index contributed by atoms with van der Waals surface area (Å²) in [6.07, 6.45) is 1.12. The number of hydrogen-bond acceptors (Lipinski definition) is 2. The van der Waals surface area contributed by atoms with Gasteiger partial charge in [0, 0.05) is 16.9 Å². The van der Waals surface area contributed by atoms with E-state index in [0.29, 0.717) is 6.42 Å². The molecule has 2 aromatic carbocycles. The second kappa shape index (κ2) is 10.3. The Bertz CT molecular complexity index is 745. The third kappa shape index (κ3) is 7.18. The number of carbonyl (C=O) groups is 2.